The van der Waals surface area contributed by atoms with Gasteiger partial charge in [-0.3, -0.25) is 9.78 Å². The Bertz CT molecular complexity index is 1020. The number of aryl methyl sites for hydroxylation is 2. The standard InChI is InChI=1S/C27H36N4O4/c1-27(2,20-6-4-12-28-17-20)26(34)31-23(25(32)33)11-14-35-22-15-18(16-22)7-9-21-10-8-19-5-3-13-29-24(19)30-21/h4,6,8,10,12,17-18,22-23H,3,5,7,9,11,13-16H2,1-2H3,(H,29,30)(H,31,34)(H,32,33)/t18?,22?,23-/m0/s1. The van der Waals surface area contributed by atoms with Gasteiger partial charge in [-0.2, -0.15) is 0 Å². The van der Waals surface area contributed by atoms with Crippen molar-refractivity contribution in [3.8, 4) is 0 Å². The molecule has 2 aliphatic rings. The Morgan fingerprint density at radius 3 is 2.86 bits per heavy atom. The highest BCUT2D eigenvalue weighted by Gasteiger charge is 2.34. The fraction of sp³-hybridized carbons (Fsp3) is 0.556. The Morgan fingerprint density at radius 2 is 2.11 bits per heavy atom. The van der Waals surface area contributed by atoms with Crippen molar-refractivity contribution in [2.24, 2.45) is 5.92 Å². The lowest BCUT2D eigenvalue weighted by atomic mass is 9.79. The van der Waals surface area contributed by atoms with Gasteiger partial charge in [0.2, 0.25) is 5.91 Å². The van der Waals surface area contributed by atoms with E-state index in [0.29, 0.717) is 12.5 Å². The maximum Gasteiger partial charge on any atom is 0.326 e. The third-order valence-electron chi connectivity index (χ3n) is 7.27. The van der Waals surface area contributed by atoms with E-state index < -0.39 is 17.4 Å². The van der Waals surface area contributed by atoms with E-state index in [1.54, 1.807) is 32.3 Å². The summed E-state index contributed by atoms with van der Waals surface area (Å²) in [4.78, 5) is 33.4. The van der Waals surface area contributed by atoms with Gasteiger partial charge in [-0.25, -0.2) is 9.78 Å². The second kappa shape index (κ2) is 11.2. The number of carboxylic acids is 1. The summed E-state index contributed by atoms with van der Waals surface area (Å²) in [6.45, 7) is 4.83. The molecule has 1 saturated carbocycles. The fourth-order valence-electron chi connectivity index (χ4n) is 4.72. The molecule has 0 spiro atoms. The second-order valence-electron chi connectivity index (χ2n) is 10.2. The summed E-state index contributed by atoms with van der Waals surface area (Å²) in [7, 11) is 0. The molecule has 0 aromatic carbocycles. The van der Waals surface area contributed by atoms with Crippen LogP contribution < -0.4 is 10.6 Å². The van der Waals surface area contributed by atoms with Gasteiger partial charge in [0.1, 0.15) is 11.9 Å². The molecular formula is C27H36N4O4. The maximum atomic E-state index is 12.8. The summed E-state index contributed by atoms with van der Waals surface area (Å²) in [5, 5.41) is 15.7. The number of hydrogen-bond donors (Lipinski definition) is 3. The number of nitrogens with zero attached hydrogens (tertiary/aromatic N) is 2. The van der Waals surface area contributed by atoms with E-state index in [-0.39, 0.29) is 18.4 Å². The molecule has 4 rings (SSSR count). The number of hydrogen-bond acceptors (Lipinski definition) is 6. The molecule has 0 bridgehead atoms. The Balaban J connectivity index is 1.16. The summed E-state index contributed by atoms with van der Waals surface area (Å²) in [6, 6.07) is 6.94. The SMILES string of the molecule is CC(C)(C(=O)N[C@@H](CCOC1CC(CCc2ccc3c(n2)NCCC3)C1)C(=O)O)c1cccnc1. The van der Waals surface area contributed by atoms with E-state index in [0.717, 1.165) is 55.7 Å². The van der Waals surface area contributed by atoms with Crippen molar-refractivity contribution in [1.29, 1.82) is 0 Å². The molecule has 1 amide bonds. The summed E-state index contributed by atoms with van der Waals surface area (Å²) < 4.78 is 5.92. The molecule has 0 saturated heterocycles. The van der Waals surface area contributed by atoms with Gasteiger partial charge < -0.3 is 20.5 Å². The van der Waals surface area contributed by atoms with Crippen molar-refractivity contribution in [3.05, 3.63) is 53.5 Å². The van der Waals surface area contributed by atoms with E-state index in [1.165, 1.54) is 12.0 Å². The lowest BCUT2D eigenvalue weighted by Crippen LogP contribution is -2.49. The van der Waals surface area contributed by atoms with Crippen LogP contribution in [0, 0.1) is 5.92 Å². The predicted molar refractivity (Wildman–Crippen MR) is 133 cm³/mol. The molecule has 0 radical (unpaired) electrons. The van der Waals surface area contributed by atoms with Crippen LogP contribution in [-0.4, -0.2) is 52.2 Å². The highest BCUT2D eigenvalue weighted by molar-refractivity contribution is 5.90. The van der Waals surface area contributed by atoms with Crippen molar-refractivity contribution >= 4 is 17.7 Å². The maximum absolute atomic E-state index is 12.8. The molecule has 3 heterocycles. The van der Waals surface area contributed by atoms with Gasteiger partial charge in [-0.15, -0.1) is 0 Å². The van der Waals surface area contributed by atoms with Crippen LogP contribution in [0.1, 0.15) is 62.8 Å². The average Bonchev–Trinajstić information content (AvgIpc) is 2.84. The predicted octanol–water partition coefficient (Wildman–Crippen LogP) is 3.50. The molecule has 188 valence electrons. The first-order valence-electron chi connectivity index (χ1n) is 12.6. The Kier molecular flexibility index (Phi) is 8.00. The summed E-state index contributed by atoms with van der Waals surface area (Å²) in [5.74, 6) is 0.267. The Hall–Kier alpha value is -3.00. The molecule has 3 N–H and O–H groups in total. The molecule has 0 unspecified atom stereocenters. The first-order chi connectivity index (χ1) is 16.8. The monoisotopic (exact) mass is 480 g/mol. The van der Waals surface area contributed by atoms with Crippen LogP contribution in [0.3, 0.4) is 0 Å². The Morgan fingerprint density at radius 1 is 1.29 bits per heavy atom. The van der Waals surface area contributed by atoms with Gasteiger partial charge in [-0.1, -0.05) is 12.1 Å². The Labute approximate surface area is 206 Å². The molecule has 35 heavy (non-hydrogen) atoms. The normalized spacial score (nSPS) is 20.2. The van der Waals surface area contributed by atoms with E-state index in [2.05, 4.69) is 27.8 Å². The number of aromatic nitrogens is 2. The minimum Gasteiger partial charge on any atom is -0.480 e. The minimum absolute atomic E-state index is 0.162. The first kappa shape index (κ1) is 25.1. The zero-order valence-corrected chi connectivity index (χ0v) is 20.6. The van der Waals surface area contributed by atoms with Crippen molar-refractivity contribution in [2.45, 2.75) is 76.4 Å². The molecule has 1 aliphatic heterocycles. The number of rotatable bonds is 11. The molecule has 1 atom stereocenters. The van der Waals surface area contributed by atoms with Crippen LogP contribution in [0.5, 0.6) is 0 Å². The van der Waals surface area contributed by atoms with Gasteiger partial charge in [0.25, 0.3) is 0 Å². The number of anilines is 1. The number of carbonyl (C=O) groups excluding carboxylic acids is 1. The van der Waals surface area contributed by atoms with E-state index in [9.17, 15) is 14.7 Å². The number of aliphatic carboxylic acids is 1. The van der Waals surface area contributed by atoms with Crippen molar-refractivity contribution < 1.29 is 19.4 Å². The quantitative estimate of drug-likeness (QED) is 0.451. The lowest BCUT2D eigenvalue weighted by Gasteiger charge is -2.35. The molecule has 2 aromatic heterocycles. The number of pyridine rings is 2. The minimum atomic E-state index is -1.05. The van der Waals surface area contributed by atoms with Crippen LogP contribution >= 0.6 is 0 Å². The van der Waals surface area contributed by atoms with Crippen molar-refractivity contribution in [3.63, 3.8) is 0 Å². The summed E-state index contributed by atoms with van der Waals surface area (Å²) in [6.07, 6.45) is 9.96. The van der Waals surface area contributed by atoms with Gasteiger partial charge >= 0.3 is 5.97 Å². The van der Waals surface area contributed by atoms with Crippen molar-refractivity contribution in [2.75, 3.05) is 18.5 Å². The third kappa shape index (κ3) is 6.36. The number of fused-ring (bicyclic) bond motifs is 1. The second-order valence-corrected chi connectivity index (χ2v) is 10.2. The molecule has 8 heteroatoms. The van der Waals surface area contributed by atoms with Crippen LogP contribution in [0.15, 0.2) is 36.7 Å². The van der Waals surface area contributed by atoms with Gasteiger partial charge in [0, 0.05) is 37.7 Å². The summed E-state index contributed by atoms with van der Waals surface area (Å²) >= 11 is 0. The van der Waals surface area contributed by atoms with Gasteiger partial charge in [-0.05, 0) is 81.5 Å². The highest BCUT2D eigenvalue weighted by atomic mass is 16.5. The lowest BCUT2D eigenvalue weighted by molar-refractivity contribution is -0.143. The molecule has 2 aromatic rings. The smallest absolute Gasteiger partial charge is 0.326 e. The largest absolute Gasteiger partial charge is 0.480 e. The van der Waals surface area contributed by atoms with E-state index >= 15 is 0 Å². The fourth-order valence-corrected chi connectivity index (χ4v) is 4.72. The number of nitrogens with one attached hydrogen (secondary N) is 2. The van der Waals surface area contributed by atoms with Crippen LogP contribution in [-0.2, 0) is 32.6 Å². The summed E-state index contributed by atoms with van der Waals surface area (Å²) in [5.41, 5.74) is 2.30. The highest BCUT2D eigenvalue weighted by Crippen LogP contribution is 2.34. The zero-order chi connectivity index (χ0) is 24.8. The third-order valence-corrected chi connectivity index (χ3v) is 7.27. The van der Waals surface area contributed by atoms with Crippen LogP contribution in [0.2, 0.25) is 0 Å². The molecule has 1 fully saturated rings. The zero-order valence-electron chi connectivity index (χ0n) is 20.6. The number of amides is 1. The first-order valence-corrected chi connectivity index (χ1v) is 12.6. The van der Waals surface area contributed by atoms with E-state index in [1.807, 2.05) is 6.07 Å². The van der Waals surface area contributed by atoms with Crippen LogP contribution in [0.25, 0.3) is 0 Å². The number of carbonyl (C=O) groups is 2. The molecule has 8 nitrogen and oxygen atoms in total. The van der Waals surface area contributed by atoms with E-state index in [4.69, 9.17) is 9.72 Å². The van der Waals surface area contributed by atoms with Crippen molar-refractivity contribution in [1.82, 2.24) is 15.3 Å². The molecule has 1 aliphatic carbocycles. The number of ether oxygens (including phenoxy) is 1. The van der Waals surface area contributed by atoms with Gasteiger partial charge in [0.05, 0.1) is 11.5 Å². The van der Waals surface area contributed by atoms with Crippen LogP contribution in [0.4, 0.5) is 5.82 Å². The van der Waals surface area contributed by atoms with Gasteiger partial charge in [0.15, 0.2) is 0 Å². The average molecular weight is 481 g/mol. The number of carboxylic acid groups (broad SMARTS) is 1. The molecular weight excluding hydrogens is 444 g/mol. The topological polar surface area (TPSA) is 113 Å².